The summed E-state index contributed by atoms with van der Waals surface area (Å²) in [5.74, 6) is 0.106. The van der Waals surface area contributed by atoms with Crippen LogP contribution in [0.25, 0.3) is 28.0 Å². The van der Waals surface area contributed by atoms with Crippen molar-refractivity contribution >= 4 is 11.6 Å². The number of rotatable bonds is 4. The van der Waals surface area contributed by atoms with Gasteiger partial charge in [-0.25, -0.2) is 18.9 Å². The van der Waals surface area contributed by atoms with E-state index in [1.807, 2.05) is 56.3 Å². The second-order valence-corrected chi connectivity index (χ2v) is 8.05. The Labute approximate surface area is 184 Å². The molecule has 4 heterocycles. The van der Waals surface area contributed by atoms with Crippen LogP contribution in [0.1, 0.15) is 11.4 Å². The van der Waals surface area contributed by atoms with Crippen LogP contribution in [-0.2, 0) is 11.3 Å². The number of morpholine rings is 1. The Kier molecular flexibility index (Phi) is 5.20. The van der Waals surface area contributed by atoms with Crippen LogP contribution >= 0.6 is 0 Å². The molecule has 0 radical (unpaired) electrons. The number of hydrogen-bond acceptors (Lipinski definition) is 7. The lowest BCUT2D eigenvalue weighted by Gasteiger charge is -2.23. The van der Waals surface area contributed by atoms with Crippen molar-refractivity contribution < 1.29 is 4.74 Å². The fourth-order valence-electron chi connectivity index (χ4n) is 4.22. The molecule has 0 saturated carbocycles. The van der Waals surface area contributed by atoms with Crippen molar-refractivity contribution in [3.63, 3.8) is 0 Å². The van der Waals surface area contributed by atoms with E-state index in [2.05, 4.69) is 15.3 Å². The van der Waals surface area contributed by atoms with Crippen LogP contribution in [-0.4, -0.2) is 49.9 Å². The molecule has 4 aromatic rings. The minimum atomic E-state index is -0.319. The Balaban J connectivity index is 1.77. The largest absolute Gasteiger partial charge is 0.378 e. The molecule has 0 aliphatic carbocycles. The molecule has 1 unspecified atom stereocenters. The van der Waals surface area contributed by atoms with Gasteiger partial charge in [0.25, 0.3) is 0 Å². The van der Waals surface area contributed by atoms with E-state index < -0.39 is 0 Å². The highest BCUT2D eigenvalue weighted by Gasteiger charge is 2.23. The Morgan fingerprint density at radius 1 is 1.12 bits per heavy atom. The number of nitrogens with one attached hydrogen (secondary N) is 1. The Hall–Kier alpha value is -3.56. The summed E-state index contributed by atoms with van der Waals surface area (Å²) in [5.41, 5.74) is 11.4. The number of anilines is 1. The molecule has 1 aliphatic heterocycles. The monoisotopic (exact) mass is 431 g/mol. The first-order chi connectivity index (χ1) is 15.5. The van der Waals surface area contributed by atoms with Crippen molar-refractivity contribution in [1.82, 2.24) is 29.5 Å². The first-order valence-electron chi connectivity index (χ1n) is 10.6. The molecule has 3 aromatic heterocycles. The normalized spacial score (nSPS) is 16.5. The molecule has 0 spiro atoms. The maximum absolute atomic E-state index is 13.3. The number of pyridine rings is 1. The lowest BCUT2D eigenvalue weighted by atomic mass is 9.99. The molecular weight excluding hydrogens is 406 g/mol. The van der Waals surface area contributed by atoms with Gasteiger partial charge in [0.1, 0.15) is 0 Å². The summed E-state index contributed by atoms with van der Waals surface area (Å²) in [7, 11) is 0. The van der Waals surface area contributed by atoms with Crippen LogP contribution in [0.5, 0.6) is 0 Å². The van der Waals surface area contributed by atoms with Crippen molar-refractivity contribution in [1.29, 1.82) is 0 Å². The van der Waals surface area contributed by atoms with E-state index in [1.165, 1.54) is 9.08 Å². The van der Waals surface area contributed by atoms with E-state index in [9.17, 15) is 4.79 Å². The minimum absolute atomic E-state index is 0.00278. The second kappa shape index (κ2) is 8.18. The zero-order valence-electron chi connectivity index (χ0n) is 18.1. The fraction of sp³-hybridized carbons (Fsp3) is 0.304. The predicted molar refractivity (Wildman–Crippen MR) is 122 cm³/mol. The molecule has 0 bridgehead atoms. The summed E-state index contributed by atoms with van der Waals surface area (Å²) >= 11 is 0. The van der Waals surface area contributed by atoms with Gasteiger partial charge in [0.15, 0.2) is 5.65 Å². The summed E-state index contributed by atoms with van der Waals surface area (Å²) < 4.78 is 8.36. The summed E-state index contributed by atoms with van der Waals surface area (Å²) in [6, 6.07) is 13.8. The van der Waals surface area contributed by atoms with Gasteiger partial charge in [-0.2, -0.15) is 0 Å². The number of ether oxygens (including phenoxy) is 1. The van der Waals surface area contributed by atoms with Gasteiger partial charge in [-0.15, -0.1) is 5.10 Å². The molecule has 9 nitrogen and oxygen atoms in total. The molecule has 9 heteroatoms. The number of aromatic nitrogens is 5. The van der Waals surface area contributed by atoms with Gasteiger partial charge in [0.05, 0.1) is 37.1 Å². The summed E-state index contributed by atoms with van der Waals surface area (Å²) in [4.78, 5) is 22.4. The number of aryl methyl sites for hydroxylation is 2. The quantitative estimate of drug-likeness (QED) is 0.507. The number of hydrogen-bond donors (Lipinski definition) is 2. The van der Waals surface area contributed by atoms with Gasteiger partial charge in [-0.3, -0.25) is 4.98 Å². The molecule has 0 amide bonds. The third-order valence-electron chi connectivity index (χ3n) is 5.56. The third kappa shape index (κ3) is 3.65. The molecule has 3 N–H and O–H groups in total. The van der Waals surface area contributed by atoms with E-state index in [0.29, 0.717) is 31.1 Å². The number of nitrogens with two attached hydrogens (primary N) is 1. The molecule has 1 saturated heterocycles. The number of benzene rings is 1. The van der Waals surface area contributed by atoms with Crippen LogP contribution in [0.3, 0.4) is 0 Å². The van der Waals surface area contributed by atoms with Gasteiger partial charge in [-0.1, -0.05) is 30.3 Å². The standard InChI is InChI=1S/C23H25N7O2/c1-14-10-17(11-15(2)26-14)19-20(16-6-4-3-5-7-16)27-22(24)30-21(19)28-29(23(30)31)12-18-13-32-9-8-25-18/h3-7,10-11,18,25H,8-9,12-13H2,1-2H3,(H2,24,27). The molecule has 32 heavy (non-hydrogen) atoms. The maximum Gasteiger partial charge on any atom is 0.353 e. The summed E-state index contributed by atoms with van der Waals surface area (Å²) in [5, 5.41) is 8.08. The average Bonchev–Trinajstić information content (AvgIpc) is 3.10. The van der Waals surface area contributed by atoms with Gasteiger partial charge < -0.3 is 15.8 Å². The molecular formula is C23H25N7O2. The second-order valence-electron chi connectivity index (χ2n) is 8.05. The number of nitrogens with zero attached hydrogens (tertiary/aromatic N) is 5. The number of fused-ring (bicyclic) bond motifs is 1. The van der Waals surface area contributed by atoms with Crippen molar-refractivity contribution in [2.24, 2.45) is 0 Å². The van der Waals surface area contributed by atoms with Crippen LogP contribution in [0.2, 0.25) is 0 Å². The van der Waals surface area contributed by atoms with Gasteiger partial charge >= 0.3 is 5.69 Å². The zero-order valence-corrected chi connectivity index (χ0v) is 18.1. The van der Waals surface area contributed by atoms with Crippen LogP contribution in [0.15, 0.2) is 47.3 Å². The van der Waals surface area contributed by atoms with Crippen molar-refractivity contribution in [2.45, 2.75) is 26.4 Å². The zero-order chi connectivity index (χ0) is 22.2. The van der Waals surface area contributed by atoms with E-state index in [0.717, 1.165) is 34.6 Å². The fourth-order valence-corrected chi connectivity index (χ4v) is 4.22. The highest BCUT2D eigenvalue weighted by Crippen LogP contribution is 2.34. The molecule has 5 rings (SSSR count). The minimum Gasteiger partial charge on any atom is -0.378 e. The number of nitrogen functional groups attached to an aromatic ring is 1. The topological polar surface area (TPSA) is 112 Å². The lowest BCUT2D eigenvalue weighted by Crippen LogP contribution is -2.45. The Bertz CT molecular complexity index is 1320. The Morgan fingerprint density at radius 2 is 1.88 bits per heavy atom. The van der Waals surface area contributed by atoms with E-state index in [4.69, 9.17) is 15.6 Å². The molecule has 1 aliphatic rings. The first-order valence-corrected chi connectivity index (χ1v) is 10.6. The van der Waals surface area contributed by atoms with E-state index in [-0.39, 0.29) is 17.7 Å². The Morgan fingerprint density at radius 3 is 2.56 bits per heavy atom. The van der Waals surface area contributed by atoms with Gasteiger partial charge in [0, 0.05) is 23.5 Å². The van der Waals surface area contributed by atoms with Crippen LogP contribution in [0, 0.1) is 13.8 Å². The molecule has 1 aromatic carbocycles. The highest BCUT2D eigenvalue weighted by atomic mass is 16.5. The molecule has 1 atom stereocenters. The van der Waals surface area contributed by atoms with Crippen molar-refractivity contribution in [3.8, 4) is 22.4 Å². The predicted octanol–water partition coefficient (Wildman–Crippen LogP) is 1.81. The average molecular weight is 432 g/mol. The lowest BCUT2D eigenvalue weighted by molar-refractivity contribution is 0.0699. The maximum atomic E-state index is 13.3. The van der Waals surface area contributed by atoms with E-state index >= 15 is 0 Å². The third-order valence-corrected chi connectivity index (χ3v) is 5.56. The van der Waals surface area contributed by atoms with Gasteiger partial charge in [0.2, 0.25) is 5.95 Å². The summed E-state index contributed by atoms with van der Waals surface area (Å²) in [6.07, 6.45) is 0. The van der Waals surface area contributed by atoms with Crippen LogP contribution < -0.4 is 16.7 Å². The van der Waals surface area contributed by atoms with Gasteiger partial charge in [-0.05, 0) is 31.5 Å². The van der Waals surface area contributed by atoms with Crippen LogP contribution in [0.4, 0.5) is 5.95 Å². The molecule has 164 valence electrons. The van der Waals surface area contributed by atoms with Crippen molar-refractivity contribution in [2.75, 3.05) is 25.5 Å². The molecule has 1 fully saturated rings. The first kappa shape index (κ1) is 20.3. The SMILES string of the molecule is Cc1cc(-c2c(-c3ccccc3)nc(N)n3c(=O)n(CC4COCCN4)nc23)cc(C)n1. The smallest absolute Gasteiger partial charge is 0.353 e. The van der Waals surface area contributed by atoms with Crippen molar-refractivity contribution in [3.05, 3.63) is 64.3 Å². The highest BCUT2D eigenvalue weighted by molar-refractivity contribution is 5.90. The van der Waals surface area contributed by atoms with E-state index in [1.54, 1.807) is 0 Å². The summed E-state index contributed by atoms with van der Waals surface area (Å²) in [6.45, 7) is 6.21.